The zero-order valence-corrected chi connectivity index (χ0v) is 13.0. The number of nitrogens with two attached hydrogens (primary N) is 1. The Bertz CT molecular complexity index is 384. The molecule has 1 aromatic carbocycles. The van der Waals surface area contributed by atoms with E-state index in [0.717, 1.165) is 39.0 Å². The Labute approximate surface area is 123 Å². The van der Waals surface area contributed by atoms with E-state index in [2.05, 4.69) is 54.0 Å². The van der Waals surface area contributed by atoms with Crippen molar-refractivity contribution in [1.82, 2.24) is 9.80 Å². The molecule has 1 fully saturated rings. The predicted molar refractivity (Wildman–Crippen MR) is 85.9 cm³/mol. The summed E-state index contributed by atoms with van der Waals surface area (Å²) in [6, 6.07) is 10.7. The van der Waals surface area contributed by atoms with Crippen LogP contribution in [0.2, 0.25) is 0 Å². The van der Waals surface area contributed by atoms with Crippen molar-refractivity contribution < 1.29 is 0 Å². The van der Waals surface area contributed by atoms with E-state index >= 15 is 0 Å². The van der Waals surface area contributed by atoms with Crippen LogP contribution in [0.3, 0.4) is 0 Å². The summed E-state index contributed by atoms with van der Waals surface area (Å²) in [5.74, 6) is 0. The number of benzene rings is 1. The Morgan fingerprint density at radius 1 is 1.10 bits per heavy atom. The average Bonchev–Trinajstić information content (AvgIpc) is 2.53. The molecule has 0 aromatic heterocycles. The number of rotatable bonds is 6. The number of hydrogen-bond donors (Lipinski definition) is 1. The van der Waals surface area contributed by atoms with Gasteiger partial charge in [0.2, 0.25) is 0 Å². The van der Waals surface area contributed by atoms with Crippen LogP contribution in [0.1, 0.15) is 25.8 Å². The zero-order chi connectivity index (χ0) is 14.4. The smallest absolute Gasteiger partial charge is 0.0307 e. The lowest BCUT2D eigenvalue weighted by atomic mass is 9.90. The highest BCUT2D eigenvalue weighted by Crippen LogP contribution is 2.22. The van der Waals surface area contributed by atoms with E-state index in [1.807, 2.05) is 0 Å². The second kappa shape index (κ2) is 7.21. The standard InChI is InChI=1S/C17H29N3/c1-3-19-11-13-20(14-12-19)17(2,15-18)10-9-16-7-5-4-6-8-16/h4-8H,3,9-15,18H2,1-2H3. The maximum atomic E-state index is 6.11. The van der Waals surface area contributed by atoms with Gasteiger partial charge < -0.3 is 10.6 Å². The molecule has 1 heterocycles. The molecule has 3 nitrogen and oxygen atoms in total. The first-order chi connectivity index (χ1) is 9.68. The van der Waals surface area contributed by atoms with Crippen LogP contribution in [0.25, 0.3) is 0 Å². The fraction of sp³-hybridized carbons (Fsp3) is 0.647. The Hall–Kier alpha value is -0.900. The van der Waals surface area contributed by atoms with Crippen LogP contribution in [0.4, 0.5) is 0 Å². The van der Waals surface area contributed by atoms with Crippen molar-refractivity contribution in [2.45, 2.75) is 32.2 Å². The largest absolute Gasteiger partial charge is 0.329 e. The molecule has 0 aliphatic carbocycles. The third kappa shape index (κ3) is 3.81. The first kappa shape index (κ1) is 15.5. The Morgan fingerprint density at radius 2 is 1.75 bits per heavy atom. The summed E-state index contributed by atoms with van der Waals surface area (Å²) in [6.45, 7) is 11.1. The molecule has 0 radical (unpaired) electrons. The number of aryl methyl sites for hydroxylation is 1. The molecular formula is C17H29N3. The fourth-order valence-electron chi connectivity index (χ4n) is 3.05. The molecule has 3 heteroatoms. The topological polar surface area (TPSA) is 32.5 Å². The van der Waals surface area contributed by atoms with Crippen molar-refractivity contribution in [3.8, 4) is 0 Å². The Balaban J connectivity index is 1.92. The summed E-state index contributed by atoms with van der Waals surface area (Å²) in [6.07, 6.45) is 2.25. The SMILES string of the molecule is CCN1CCN(C(C)(CN)CCc2ccccc2)CC1. The molecule has 1 unspecified atom stereocenters. The maximum Gasteiger partial charge on any atom is 0.0307 e. The molecule has 112 valence electrons. The molecule has 1 aliphatic rings. The van der Waals surface area contributed by atoms with Gasteiger partial charge in [0, 0.05) is 38.3 Å². The lowest BCUT2D eigenvalue weighted by molar-refractivity contribution is 0.0435. The first-order valence-electron chi connectivity index (χ1n) is 7.89. The van der Waals surface area contributed by atoms with Gasteiger partial charge in [-0.05, 0) is 31.9 Å². The molecule has 0 saturated carbocycles. The van der Waals surface area contributed by atoms with Gasteiger partial charge >= 0.3 is 0 Å². The van der Waals surface area contributed by atoms with Crippen molar-refractivity contribution in [1.29, 1.82) is 0 Å². The van der Waals surface area contributed by atoms with Crippen LogP contribution in [0.15, 0.2) is 30.3 Å². The molecule has 1 atom stereocenters. The summed E-state index contributed by atoms with van der Waals surface area (Å²) in [5, 5.41) is 0. The monoisotopic (exact) mass is 275 g/mol. The molecule has 1 aliphatic heterocycles. The third-order valence-electron chi connectivity index (χ3n) is 4.82. The van der Waals surface area contributed by atoms with Crippen LogP contribution in [-0.4, -0.2) is 54.6 Å². The molecule has 0 amide bonds. The summed E-state index contributed by atoms with van der Waals surface area (Å²) < 4.78 is 0. The van der Waals surface area contributed by atoms with E-state index in [9.17, 15) is 0 Å². The van der Waals surface area contributed by atoms with E-state index in [4.69, 9.17) is 5.73 Å². The van der Waals surface area contributed by atoms with Gasteiger partial charge in [-0.15, -0.1) is 0 Å². The van der Waals surface area contributed by atoms with Gasteiger partial charge in [-0.1, -0.05) is 37.3 Å². The van der Waals surface area contributed by atoms with Gasteiger partial charge in [-0.3, -0.25) is 4.90 Å². The van der Waals surface area contributed by atoms with E-state index in [0.29, 0.717) is 0 Å². The second-order valence-electron chi connectivity index (χ2n) is 6.11. The van der Waals surface area contributed by atoms with Gasteiger partial charge in [0.05, 0.1) is 0 Å². The first-order valence-corrected chi connectivity index (χ1v) is 7.89. The number of hydrogen-bond acceptors (Lipinski definition) is 3. The molecule has 2 N–H and O–H groups in total. The van der Waals surface area contributed by atoms with E-state index in [1.165, 1.54) is 18.7 Å². The lowest BCUT2D eigenvalue weighted by Crippen LogP contribution is -2.58. The van der Waals surface area contributed by atoms with Crippen LogP contribution >= 0.6 is 0 Å². The van der Waals surface area contributed by atoms with Crippen LogP contribution in [-0.2, 0) is 6.42 Å². The molecule has 0 spiro atoms. The fourth-order valence-corrected chi connectivity index (χ4v) is 3.05. The highest BCUT2D eigenvalue weighted by Gasteiger charge is 2.32. The van der Waals surface area contributed by atoms with Crippen molar-refractivity contribution in [3.05, 3.63) is 35.9 Å². The summed E-state index contributed by atoms with van der Waals surface area (Å²) in [7, 11) is 0. The third-order valence-corrected chi connectivity index (χ3v) is 4.82. The number of piperazine rings is 1. The van der Waals surface area contributed by atoms with Gasteiger partial charge in [0.15, 0.2) is 0 Å². The van der Waals surface area contributed by atoms with E-state index < -0.39 is 0 Å². The van der Waals surface area contributed by atoms with E-state index in [-0.39, 0.29) is 5.54 Å². The predicted octanol–water partition coefficient (Wildman–Crippen LogP) is 1.97. The van der Waals surface area contributed by atoms with Crippen LogP contribution < -0.4 is 5.73 Å². The van der Waals surface area contributed by atoms with Gasteiger partial charge in [-0.25, -0.2) is 0 Å². The molecule has 2 rings (SSSR count). The minimum atomic E-state index is 0.135. The highest BCUT2D eigenvalue weighted by molar-refractivity contribution is 5.15. The Morgan fingerprint density at radius 3 is 2.30 bits per heavy atom. The van der Waals surface area contributed by atoms with Crippen LogP contribution in [0.5, 0.6) is 0 Å². The zero-order valence-electron chi connectivity index (χ0n) is 13.0. The van der Waals surface area contributed by atoms with Crippen LogP contribution in [0, 0.1) is 0 Å². The normalized spacial score (nSPS) is 20.8. The van der Waals surface area contributed by atoms with Crippen molar-refractivity contribution in [2.75, 3.05) is 39.3 Å². The lowest BCUT2D eigenvalue weighted by Gasteiger charge is -2.45. The van der Waals surface area contributed by atoms with Crippen molar-refractivity contribution in [3.63, 3.8) is 0 Å². The number of likely N-dealkylation sites (N-methyl/N-ethyl adjacent to an activating group) is 1. The minimum absolute atomic E-state index is 0.135. The molecule has 20 heavy (non-hydrogen) atoms. The maximum absolute atomic E-state index is 6.11. The van der Waals surface area contributed by atoms with Crippen molar-refractivity contribution >= 4 is 0 Å². The van der Waals surface area contributed by atoms with Crippen molar-refractivity contribution in [2.24, 2.45) is 5.73 Å². The highest BCUT2D eigenvalue weighted by atomic mass is 15.3. The summed E-state index contributed by atoms with van der Waals surface area (Å²) in [4.78, 5) is 5.12. The second-order valence-corrected chi connectivity index (χ2v) is 6.11. The molecule has 1 saturated heterocycles. The summed E-state index contributed by atoms with van der Waals surface area (Å²) in [5.41, 5.74) is 7.66. The quantitative estimate of drug-likeness (QED) is 0.861. The van der Waals surface area contributed by atoms with Gasteiger partial charge in [0.1, 0.15) is 0 Å². The van der Waals surface area contributed by atoms with Gasteiger partial charge in [0.25, 0.3) is 0 Å². The molecule has 0 bridgehead atoms. The average molecular weight is 275 g/mol. The number of nitrogens with zero attached hydrogens (tertiary/aromatic N) is 2. The molecule has 1 aromatic rings. The molecular weight excluding hydrogens is 246 g/mol. The Kier molecular flexibility index (Phi) is 5.58. The minimum Gasteiger partial charge on any atom is -0.329 e. The van der Waals surface area contributed by atoms with Gasteiger partial charge in [-0.2, -0.15) is 0 Å². The van der Waals surface area contributed by atoms with E-state index in [1.54, 1.807) is 0 Å². The summed E-state index contributed by atoms with van der Waals surface area (Å²) >= 11 is 0.